The third-order valence-corrected chi connectivity index (χ3v) is 4.16. The Kier molecular flexibility index (Phi) is 6.94. The van der Waals surface area contributed by atoms with E-state index in [1.165, 1.54) is 30.3 Å². The van der Waals surface area contributed by atoms with Crippen molar-refractivity contribution in [1.29, 1.82) is 0 Å². The SMILES string of the molecule is O=C(CCc1ccc(-c2ccccc2F)o1)NNC(=O)COc1ccccc1[N+](=O)[O-]. The quantitative estimate of drug-likeness (QED) is 0.420. The van der Waals surface area contributed by atoms with Crippen molar-refractivity contribution in [3.05, 3.63) is 82.4 Å². The van der Waals surface area contributed by atoms with Crippen molar-refractivity contribution in [2.45, 2.75) is 12.8 Å². The van der Waals surface area contributed by atoms with Crippen LogP contribution in [0.2, 0.25) is 0 Å². The second-order valence-electron chi connectivity index (χ2n) is 6.36. The van der Waals surface area contributed by atoms with Crippen LogP contribution in [0.5, 0.6) is 5.75 Å². The van der Waals surface area contributed by atoms with Crippen LogP contribution in [-0.2, 0) is 16.0 Å². The molecule has 0 spiro atoms. The lowest BCUT2D eigenvalue weighted by atomic mass is 10.1. The molecule has 1 heterocycles. The number of hydrazine groups is 1. The normalized spacial score (nSPS) is 10.4. The Morgan fingerprint density at radius 2 is 1.71 bits per heavy atom. The van der Waals surface area contributed by atoms with Gasteiger partial charge in [-0.25, -0.2) is 4.39 Å². The Morgan fingerprint density at radius 1 is 1.00 bits per heavy atom. The Labute approximate surface area is 175 Å². The second-order valence-corrected chi connectivity index (χ2v) is 6.36. The molecule has 0 aliphatic heterocycles. The van der Waals surface area contributed by atoms with Gasteiger partial charge in [0.15, 0.2) is 12.4 Å². The van der Waals surface area contributed by atoms with Gasteiger partial charge in [0.1, 0.15) is 17.3 Å². The van der Waals surface area contributed by atoms with Crippen LogP contribution in [0.15, 0.2) is 65.1 Å². The summed E-state index contributed by atoms with van der Waals surface area (Å²) in [6.07, 6.45) is 0.248. The molecule has 0 fully saturated rings. The molecule has 0 unspecified atom stereocenters. The molecule has 160 valence electrons. The van der Waals surface area contributed by atoms with Gasteiger partial charge in [0.05, 0.1) is 10.5 Å². The summed E-state index contributed by atoms with van der Waals surface area (Å²) < 4.78 is 24.5. The number of nitro groups is 1. The van der Waals surface area contributed by atoms with Gasteiger partial charge < -0.3 is 9.15 Å². The zero-order chi connectivity index (χ0) is 22.2. The number of amides is 2. The van der Waals surface area contributed by atoms with Gasteiger partial charge in [-0.1, -0.05) is 24.3 Å². The topological polar surface area (TPSA) is 124 Å². The number of nitrogens with zero attached hydrogens (tertiary/aromatic N) is 1. The second kappa shape index (κ2) is 10.0. The third-order valence-electron chi connectivity index (χ3n) is 4.16. The fraction of sp³-hybridized carbons (Fsp3) is 0.143. The molecule has 31 heavy (non-hydrogen) atoms. The molecule has 10 heteroatoms. The molecule has 2 aromatic carbocycles. The van der Waals surface area contributed by atoms with Gasteiger partial charge >= 0.3 is 5.69 Å². The number of hydrogen-bond donors (Lipinski definition) is 2. The number of hydrogen-bond acceptors (Lipinski definition) is 6. The third kappa shape index (κ3) is 5.89. The van der Waals surface area contributed by atoms with Crippen LogP contribution in [0.1, 0.15) is 12.2 Å². The maximum Gasteiger partial charge on any atom is 0.310 e. The number of carbonyl (C=O) groups is 2. The molecule has 3 aromatic rings. The largest absolute Gasteiger partial charge is 0.477 e. The lowest BCUT2D eigenvalue weighted by molar-refractivity contribution is -0.385. The number of para-hydroxylation sites is 2. The van der Waals surface area contributed by atoms with Gasteiger partial charge in [-0.05, 0) is 30.3 Å². The van der Waals surface area contributed by atoms with Crippen molar-refractivity contribution in [2.24, 2.45) is 0 Å². The number of halogens is 1. The molecule has 0 saturated carbocycles. The molecule has 3 rings (SSSR count). The summed E-state index contributed by atoms with van der Waals surface area (Å²) in [4.78, 5) is 34.0. The summed E-state index contributed by atoms with van der Waals surface area (Å²) in [5.74, 6) is -0.799. The average molecular weight is 427 g/mol. The van der Waals surface area contributed by atoms with E-state index in [9.17, 15) is 24.1 Å². The van der Waals surface area contributed by atoms with Crippen LogP contribution in [0.25, 0.3) is 11.3 Å². The molecule has 0 aliphatic carbocycles. The van der Waals surface area contributed by atoms with Crippen LogP contribution < -0.4 is 15.6 Å². The van der Waals surface area contributed by atoms with Crippen molar-refractivity contribution >= 4 is 17.5 Å². The highest BCUT2D eigenvalue weighted by Gasteiger charge is 2.15. The first-order chi connectivity index (χ1) is 14.9. The molecular formula is C21H18FN3O6. The molecule has 9 nitrogen and oxygen atoms in total. The van der Waals surface area contributed by atoms with E-state index in [1.54, 1.807) is 30.3 Å². The van der Waals surface area contributed by atoms with E-state index in [2.05, 4.69) is 10.9 Å². The first kappa shape index (κ1) is 21.5. The molecule has 2 amide bonds. The van der Waals surface area contributed by atoms with Crippen molar-refractivity contribution in [3.8, 4) is 17.1 Å². The van der Waals surface area contributed by atoms with Gasteiger partial charge in [-0.15, -0.1) is 0 Å². The van der Waals surface area contributed by atoms with E-state index in [0.29, 0.717) is 17.1 Å². The lowest BCUT2D eigenvalue weighted by Gasteiger charge is -2.08. The Balaban J connectivity index is 1.42. The fourth-order valence-corrected chi connectivity index (χ4v) is 2.67. The highest BCUT2D eigenvalue weighted by molar-refractivity contribution is 5.82. The number of aryl methyl sites for hydroxylation is 1. The van der Waals surface area contributed by atoms with Gasteiger partial charge in [0.2, 0.25) is 5.91 Å². The molecule has 2 N–H and O–H groups in total. The van der Waals surface area contributed by atoms with Gasteiger partial charge in [0.25, 0.3) is 5.91 Å². The van der Waals surface area contributed by atoms with E-state index in [4.69, 9.17) is 9.15 Å². The Morgan fingerprint density at radius 3 is 2.48 bits per heavy atom. The maximum absolute atomic E-state index is 13.8. The summed E-state index contributed by atoms with van der Waals surface area (Å²) in [6.45, 7) is -0.519. The number of benzene rings is 2. The molecule has 0 radical (unpaired) electrons. The van der Waals surface area contributed by atoms with E-state index in [1.807, 2.05) is 0 Å². The molecule has 1 aromatic heterocycles. The summed E-state index contributed by atoms with van der Waals surface area (Å²) in [5.41, 5.74) is 4.44. The van der Waals surface area contributed by atoms with Gasteiger partial charge in [-0.3, -0.25) is 30.6 Å². The molecule has 0 bridgehead atoms. The number of carbonyl (C=O) groups excluding carboxylic acids is 2. The van der Waals surface area contributed by atoms with E-state index >= 15 is 0 Å². The Hall–Kier alpha value is -4.21. The number of nitrogens with one attached hydrogen (secondary N) is 2. The predicted molar refractivity (Wildman–Crippen MR) is 107 cm³/mol. The molecular weight excluding hydrogens is 409 g/mol. The van der Waals surface area contributed by atoms with Crippen LogP contribution in [0.3, 0.4) is 0 Å². The molecule has 0 aliphatic rings. The maximum atomic E-state index is 13.8. The number of rotatable bonds is 8. The number of ether oxygens (including phenoxy) is 1. The minimum absolute atomic E-state index is 0.00944. The standard InChI is InChI=1S/C21H18FN3O6/c22-16-6-2-1-5-15(16)18-11-9-14(31-18)10-12-20(26)23-24-21(27)13-30-19-8-4-3-7-17(19)25(28)29/h1-9,11H,10,12-13H2,(H,23,26)(H,24,27). The summed E-state index contributed by atoms with van der Waals surface area (Å²) in [7, 11) is 0. The first-order valence-corrected chi connectivity index (χ1v) is 9.21. The lowest BCUT2D eigenvalue weighted by Crippen LogP contribution is -2.43. The Bertz CT molecular complexity index is 1100. The fourth-order valence-electron chi connectivity index (χ4n) is 2.67. The molecule has 0 atom stereocenters. The monoisotopic (exact) mass is 427 g/mol. The van der Waals surface area contributed by atoms with E-state index < -0.39 is 29.2 Å². The highest BCUT2D eigenvalue weighted by atomic mass is 19.1. The minimum atomic E-state index is -0.689. The number of nitro benzene ring substituents is 1. The van der Waals surface area contributed by atoms with Crippen LogP contribution in [0, 0.1) is 15.9 Å². The van der Waals surface area contributed by atoms with Crippen LogP contribution in [-0.4, -0.2) is 23.3 Å². The van der Waals surface area contributed by atoms with Crippen molar-refractivity contribution < 1.29 is 28.1 Å². The van der Waals surface area contributed by atoms with Crippen molar-refractivity contribution in [2.75, 3.05) is 6.61 Å². The zero-order valence-corrected chi connectivity index (χ0v) is 16.2. The summed E-state index contributed by atoms with van der Waals surface area (Å²) in [6, 6.07) is 15.1. The highest BCUT2D eigenvalue weighted by Crippen LogP contribution is 2.26. The summed E-state index contributed by atoms with van der Waals surface area (Å²) >= 11 is 0. The minimum Gasteiger partial charge on any atom is -0.477 e. The predicted octanol–water partition coefficient (Wildman–Crippen LogP) is 3.15. The zero-order valence-electron chi connectivity index (χ0n) is 16.2. The van der Waals surface area contributed by atoms with Crippen molar-refractivity contribution in [3.63, 3.8) is 0 Å². The van der Waals surface area contributed by atoms with E-state index in [0.717, 1.165) is 0 Å². The molecule has 0 saturated heterocycles. The average Bonchev–Trinajstić information content (AvgIpc) is 3.24. The van der Waals surface area contributed by atoms with Gasteiger partial charge in [-0.2, -0.15) is 0 Å². The van der Waals surface area contributed by atoms with Gasteiger partial charge in [0, 0.05) is 18.9 Å². The first-order valence-electron chi connectivity index (χ1n) is 9.21. The van der Waals surface area contributed by atoms with Crippen molar-refractivity contribution in [1.82, 2.24) is 10.9 Å². The van der Waals surface area contributed by atoms with E-state index in [-0.39, 0.29) is 24.3 Å². The smallest absolute Gasteiger partial charge is 0.310 e. The van der Waals surface area contributed by atoms with Crippen LogP contribution >= 0.6 is 0 Å². The van der Waals surface area contributed by atoms with Crippen LogP contribution in [0.4, 0.5) is 10.1 Å². The summed E-state index contributed by atoms with van der Waals surface area (Å²) in [5, 5.41) is 10.9. The number of furan rings is 1.